The van der Waals surface area contributed by atoms with Crippen molar-refractivity contribution < 1.29 is 4.74 Å². The van der Waals surface area contributed by atoms with Crippen molar-refractivity contribution in [2.45, 2.75) is 6.92 Å². The number of ether oxygens (including phenoxy) is 1. The first-order valence-corrected chi connectivity index (χ1v) is 4.71. The highest BCUT2D eigenvalue weighted by Crippen LogP contribution is 2.20. The minimum absolute atomic E-state index is 0.362. The molecule has 0 unspecified atom stereocenters. The lowest BCUT2D eigenvalue weighted by Gasteiger charge is -2.04. The van der Waals surface area contributed by atoms with E-state index in [0.29, 0.717) is 22.6 Å². The van der Waals surface area contributed by atoms with E-state index >= 15 is 0 Å². The monoisotopic (exact) mass is 221 g/mol. The van der Waals surface area contributed by atoms with E-state index in [4.69, 9.17) is 16.3 Å². The van der Waals surface area contributed by atoms with Crippen LogP contribution in [0.25, 0.3) is 0 Å². The van der Waals surface area contributed by atoms with Crippen LogP contribution >= 0.6 is 11.6 Å². The first-order valence-electron chi connectivity index (χ1n) is 4.33. The zero-order chi connectivity index (χ0) is 10.7. The molecule has 2 aromatic rings. The van der Waals surface area contributed by atoms with E-state index in [0.717, 1.165) is 0 Å². The Hall–Kier alpha value is -1.68. The van der Waals surface area contributed by atoms with E-state index in [-0.39, 0.29) is 0 Å². The summed E-state index contributed by atoms with van der Waals surface area (Å²) in [6.45, 7) is 1.75. The molecule has 0 aliphatic rings. The summed E-state index contributed by atoms with van der Waals surface area (Å²) in [6.07, 6.45) is 3.27. The second-order valence-corrected chi connectivity index (χ2v) is 3.25. The average Bonchev–Trinajstić information content (AvgIpc) is 2.17. The molecule has 0 aliphatic heterocycles. The minimum Gasteiger partial charge on any atom is -0.437 e. The Morgan fingerprint density at radius 3 is 2.87 bits per heavy atom. The van der Waals surface area contributed by atoms with Gasteiger partial charge in [0, 0.05) is 12.3 Å². The molecule has 5 heteroatoms. The standard InChI is InChI=1S/C10H8ClN3O/c1-7-13-9(11)5-10(14-7)15-8-3-2-4-12-6-8/h2-6H,1H3. The van der Waals surface area contributed by atoms with Crippen LogP contribution in [0, 0.1) is 6.92 Å². The Kier molecular flexibility index (Phi) is 2.78. The fourth-order valence-corrected chi connectivity index (χ4v) is 1.30. The third-order valence-electron chi connectivity index (χ3n) is 1.64. The maximum atomic E-state index is 5.77. The van der Waals surface area contributed by atoms with Gasteiger partial charge in [-0.15, -0.1) is 0 Å². The smallest absolute Gasteiger partial charge is 0.224 e. The third kappa shape index (κ3) is 2.63. The number of hydrogen-bond donors (Lipinski definition) is 0. The molecule has 0 spiro atoms. The molecule has 0 N–H and O–H groups in total. The average molecular weight is 222 g/mol. The first-order chi connectivity index (χ1) is 7.24. The number of rotatable bonds is 2. The molecule has 0 saturated carbocycles. The molecule has 0 aliphatic carbocycles. The van der Waals surface area contributed by atoms with Crippen LogP contribution in [-0.4, -0.2) is 15.0 Å². The highest BCUT2D eigenvalue weighted by molar-refractivity contribution is 6.29. The summed E-state index contributed by atoms with van der Waals surface area (Å²) in [6, 6.07) is 5.13. The summed E-state index contributed by atoms with van der Waals surface area (Å²) < 4.78 is 5.44. The van der Waals surface area contributed by atoms with Crippen molar-refractivity contribution in [1.82, 2.24) is 15.0 Å². The van der Waals surface area contributed by atoms with Crippen LogP contribution in [-0.2, 0) is 0 Å². The lowest BCUT2D eigenvalue weighted by atomic mass is 10.5. The lowest BCUT2D eigenvalue weighted by Crippen LogP contribution is -1.93. The van der Waals surface area contributed by atoms with Gasteiger partial charge in [0.05, 0.1) is 6.20 Å². The van der Waals surface area contributed by atoms with Crippen molar-refractivity contribution in [2.75, 3.05) is 0 Å². The lowest BCUT2D eigenvalue weighted by molar-refractivity contribution is 0.457. The summed E-state index contributed by atoms with van der Waals surface area (Å²) in [5.74, 6) is 1.61. The molecule has 15 heavy (non-hydrogen) atoms. The van der Waals surface area contributed by atoms with Crippen LogP contribution in [0.15, 0.2) is 30.6 Å². The number of halogens is 1. The van der Waals surface area contributed by atoms with E-state index in [1.165, 1.54) is 0 Å². The van der Waals surface area contributed by atoms with E-state index < -0.39 is 0 Å². The Labute approximate surface area is 91.9 Å². The van der Waals surface area contributed by atoms with E-state index in [1.807, 2.05) is 0 Å². The number of hydrogen-bond acceptors (Lipinski definition) is 4. The van der Waals surface area contributed by atoms with Gasteiger partial charge in [-0.25, -0.2) is 4.98 Å². The highest BCUT2D eigenvalue weighted by Gasteiger charge is 2.02. The van der Waals surface area contributed by atoms with Crippen molar-refractivity contribution in [3.8, 4) is 11.6 Å². The fourth-order valence-electron chi connectivity index (χ4n) is 1.09. The Morgan fingerprint density at radius 1 is 1.33 bits per heavy atom. The highest BCUT2D eigenvalue weighted by atomic mass is 35.5. The molecule has 2 aromatic heterocycles. The normalized spacial score (nSPS) is 10.0. The van der Waals surface area contributed by atoms with Crippen LogP contribution in [0.4, 0.5) is 0 Å². The van der Waals surface area contributed by atoms with Gasteiger partial charge in [0.2, 0.25) is 5.88 Å². The Bertz CT molecular complexity index is 441. The number of aromatic nitrogens is 3. The topological polar surface area (TPSA) is 47.9 Å². The first kappa shape index (κ1) is 9.86. The molecule has 2 heterocycles. The summed E-state index contributed by atoms with van der Waals surface area (Å²) in [5.41, 5.74) is 0. The molecule has 4 nitrogen and oxygen atoms in total. The van der Waals surface area contributed by atoms with Crippen molar-refractivity contribution in [3.05, 3.63) is 41.6 Å². The molecule has 0 bridgehead atoms. The maximum absolute atomic E-state index is 5.77. The Morgan fingerprint density at radius 2 is 2.20 bits per heavy atom. The largest absolute Gasteiger partial charge is 0.437 e. The van der Waals surface area contributed by atoms with Crippen LogP contribution in [0.5, 0.6) is 11.6 Å². The number of aryl methyl sites for hydroxylation is 1. The zero-order valence-electron chi connectivity index (χ0n) is 8.01. The molecule has 0 radical (unpaired) electrons. The predicted octanol–water partition coefficient (Wildman–Crippen LogP) is 2.63. The number of nitrogens with zero attached hydrogens (tertiary/aromatic N) is 3. The molecule has 0 aromatic carbocycles. The van der Waals surface area contributed by atoms with Crippen molar-refractivity contribution >= 4 is 11.6 Å². The minimum atomic E-state index is 0.362. The van der Waals surface area contributed by atoms with E-state index in [2.05, 4.69) is 15.0 Å². The molecular formula is C10H8ClN3O. The molecule has 0 fully saturated rings. The van der Waals surface area contributed by atoms with Crippen molar-refractivity contribution in [3.63, 3.8) is 0 Å². The van der Waals surface area contributed by atoms with Gasteiger partial charge in [-0.3, -0.25) is 4.98 Å². The summed E-state index contributed by atoms with van der Waals surface area (Å²) in [5, 5.41) is 0.362. The van der Waals surface area contributed by atoms with Gasteiger partial charge in [0.25, 0.3) is 0 Å². The molecular weight excluding hydrogens is 214 g/mol. The third-order valence-corrected chi connectivity index (χ3v) is 1.83. The summed E-state index contributed by atoms with van der Waals surface area (Å²) in [7, 11) is 0. The molecule has 76 valence electrons. The molecule has 2 rings (SSSR count). The van der Waals surface area contributed by atoms with Crippen LogP contribution in [0.3, 0.4) is 0 Å². The predicted molar refractivity (Wildman–Crippen MR) is 56.1 cm³/mol. The van der Waals surface area contributed by atoms with E-state index in [1.54, 1.807) is 37.5 Å². The van der Waals surface area contributed by atoms with Gasteiger partial charge in [0.1, 0.15) is 16.7 Å². The van der Waals surface area contributed by atoms with Gasteiger partial charge < -0.3 is 4.74 Å². The summed E-state index contributed by atoms with van der Waals surface area (Å²) in [4.78, 5) is 11.9. The van der Waals surface area contributed by atoms with Crippen molar-refractivity contribution in [2.24, 2.45) is 0 Å². The number of pyridine rings is 1. The zero-order valence-corrected chi connectivity index (χ0v) is 8.77. The molecule has 0 atom stereocenters. The van der Waals surface area contributed by atoms with Gasteiger partial charge in [0.15, 0.2) is 0 Å². The quantitative estimate of drug-likeness (QED) is 0.732. The van der Waals surface area contributed by atoms with Crippen LogP contribution in [0.2, 0.25) is 5.15 Å². The fraction of sp³-hybridized carbons (Fsp3) is 0.100. The van der Waals surface area contributed by atoms with Gasteiger partial charge in [-0.2, -0.15) is 4.98 Å². The van der Waals surface area contributed by atoms with Crippen molar-refractivity contribution in [1.29, 1.82) is 0 Å². The second kappa shape index (κ2) is 4.23. The Balaban J connectivity index is 2.25. The van der Waals surface area contributed by atoms with Gasteiger partial charge in [-0.1, -0.05) is 11.6 Å². The molecule has 0 amide bonds. The second-order valence-electron chi connectivity index (χ2n) is 2.87. The maximum Gasteiger partial charge on any atom is 0.224 e. The van der Waals surface area contributed by atoms with Gasteiger partial charge in [-0.05, 0) is 19.1 Å². The SMILES string of the molecule is Cc1nc(Cl)cc(Oc2cccnc2)n1. The van der Waals surface area contributed by atoms with Crippen LogP contribution in [0.1, 0.15) is 5.82 Å². The van der Waals surface area contributed by atoms with Gasteiger partial charge >= 0.3 is 0 Å². The summed E-state index contributed by atoms with van der Waals surface area (Å²) >= 11 is 5.77. The molecule has 0 saturated heterocycles. The van der Waals surface area contributed by atoms with E-state index in [9.17, 15) is 0 Å². The van der Waals surface area contributed by atoms with Crippen LogP contribution < -0.4 is 4.74 Å².